The molecule has 0 radical (unpaired) electrons. The van der Waals surface area contributed by atoms with Crippen LogP contribution in [0.2, 0.25) is 0 Å². The lowest BCUT2D eigenvalue weighted by Crippen LogP contribution is -2.06. The molecule has 1 nitrogen and oxygen atoms in total. The molecule has 1 fully saturated rings. The van der Waals surface area contributed by atoms with Gasteiger partial charge in [0.1, 0.15) is 0 Å². The number of nitrogens with two attached hydrogens (primary N) is 1. The first-order valence-corrected chi connectivity index (χ1v) is 8.88. The smallest absolute Gasteiger partial charge is 0.0204 e. The molecule has 1 spiro atoms. The molecule has 0 amide bonds. The Hall–Kier alpha value is -2.64. The average Bonchev–Trinajstić information content (AvgIpc) is 3.41. The Balaban J connectivity index is 0.000000372. The van der Waals surface area contributed by atoms with E-state index in [1.807, 2.05) is 43.4 Å². The summed E-state index contributed by atoms with van der Waals surface area (Å²) in [5.74, 6) is 0.809. The Kier molecular flexibility index (Phi) is 13.2. The van der Waals surface area contributed by atoms with E-state index in [1.54, 1.807) is 12.2 Å². The van der Waals surface area contributed by atoms with Gasteiger partial charge in [-0.15, -0.1) is 13.2 Å². The van der Waals surface area contributed by atoms with Crippen LogP contribution in [0, 0.1) is 11.3 Å². The molecule has 2 unspecified atom stereocenters. The van der Waals surface area contributed by atoms with Crippen LogP contribution in [0.15, 0.2) is 123 Å². The molecule has 1 saturated carbocycles. The largest absolute Gasteiger partial charge is 0.327 e. The summed E-state index contributed by atoms with van der Waals surface area (Å²) in [5.41, 5.74) is 7.12. The van der Waals surface area contributed by atoms with Gasteiger partial charge in [0.05, 0.1) is 0 Å². The van der Waals surface area contributed by atoms with Crippen molar-refractivity contribution in [2.45, 2.75) is 13.3 Å². The molecular weight excluding hydrogens is 314 g/mol. The fourth-order valence-electron chi connectivity index (χ4n) is 2.65. The lowest BCUT2D eigenvalue weighted by molar-refractivity contribution is 0.738. The van der Waals surface area contributed by atoms with E-state index in [-0.39, 0.29) is 0 Å². The first kappa shape index (κ1) is 23.4. The molecule has 2 N–H and O–H groups in total. The van der Waals surface area contributed by atoms with Crippen LogP contribution in [0.25, 0.3) is 0 Å². The third-order valence-corrected chi connectivity index (χ3v) is 3.96. The molecule has 2 atom stereocenters. The first-order chi connectivity index (χ1) is 12.7. The molecule has 138 valence electrons. The Bertz CT molecular complexity index is 623. The van der Waals surface area contributed by atoms with Gasteiger partial charge in [-0.2, -0.15) is 0 Å². The molecule has 0 aromatic carbocycles. The van der Waals surface area contributed by atoms with Crippen molar-refractivity contribution >= 4 is 0 Å². The van der Waals surface area contributed by atoms with E-state index in [9.17, 15) is 0 Å². The van der Waals surface area contributed by atoms with Gasteiger partial charge in [0.2, 0.25) is 0 Å². The van der Waals surface area contributed by atoms with Crippen molar-refractivity contribution in [2.24, 2.45) is 17.1 Å². The topological polar surface area (TPSA) is 26.0 Å². The van der Waals surface area contributed by atoms with E-state index >= 15 is 0 Å². The quantitative estimate of drug-likeness (QED) is 0.461. The van der Waals surface area contributed by atoms with Crippen LogP contribution >= 0.6 is 0 Å². The van der Waals surface area contributed by atoms with E-state index in [0.29, 0.717) is 12.0 Å². The Morgan fingerprint density at radius 2 is 1.81 bits per heavy atom. The van der Waals surface area contributed by atoms with Crippen LogP contribution in [-0.2, 0) is 0 Å². The maximum atomic E-state index is 5.16. The van der Waals surface area contributed by atoms with E-state index in [4.69, 9.17) is 5.73 Å². The monoisotopic (exact) mass is 347 g/mol. The summed E-state index contributed by atoms with van der Waals surface area (Å²) in [4.78, 5) is 0. The van der Waals surface area contributed by atoms with Gasteiger partial charge in [0.15, 0.2) is 0 Å². The molecule has 0 aromatic rings. The van der Waals surface area contributed by atoms with Gasteiger partial charge in [0, 0.05) is 12.0 Å². The second kappa shape index (κ2) is 14.7. The number of rotatable bonds is 4. The van der Waals surface area contributed by atoms with Crippen LogP contribution in [0.4, 0.5) is 0 Å². The third-order valence-electron chi connectivity index (χ3n) is 3.96. The molecule has 0 bridgehead atoms. The summed E-state index contributed by atoms with van der Waals surface area (Å²) in [7, 11) is 0. The molecule has 26 heavy (non-hydrogen) atoms. The average molecular weight is 348 g/mol. The summed E-state index contributed by atoms with van der Waals surface area (Å²) in [6.07, 6.45) is 31.8. The van der Waals surface area contributed by atoms with Crippen molar-refractivity contribution in [1.82, 2.24) is 0 Å². The normalized spacial score (nSPS) is 23.5. The minimum absolute atomic E-state index is 0.448. The van der Waals surface area contributed by atoms with Crippen molar-refractivity contribution in [2.75, 3.05) is 6.54 Å². The summed E-state index contributed by atoms with van der Waals surface area (Å²) >= 11 is 0. The zero-order chi connectivity index (χ0) is 19.7. The first-order valence-electron chi connectivity index (χ1n) is 8.88. The maximum Gasteiger partial charge on any atom is 0.0204 e. The zero-order valence-corrected chi connectivity index (χ0v) is 16.1. The second-order valence-corrected chi connectivity index (χ2v) is 5.62. The lowest BCUT2D eigenvalue weighted by Gasteiger charge is -2.18. The Labute approximate surface area is 160 Å². The highest BCUT2D eigenvalue weighted by molar-refractivity contribution is 5.50. The number of hydrogen-bond donors (Lipinski definition) is 1. The van der Waals surface area contributed by atoms with Crippen LogP contribution < -0.4 is 5.73 Å². The Morgan fingerprint density at radius 3 is 2.35 bits per heavy atom. The van der Waals surface area contributed by atoms with Gasteiger partial charge in [-0.25, -0.2) is 0 Å². The molecule has 3 aliphatic carbocycles. The predicted octanol–water partition coefficient (Wildman–Crippen LogP) is 6.41. The van der Waals surface area contributed by atoms with E-state index in [0.717, 1.165) is 5.92 Å². The summed E-state index contributed by atoms with van der Waals surface area (Å²) in [6, 6.07) is 0. The molecular formula is C25H33N. The fraction of sp³-hybridized carbons (Fsp3) is 0.200. The summed E-state index contributed by atoms with van der Waals surface area (Å²) in [6.45, 7) is 15.5. The number of allylic oxidation sites excluding steroid dienone is 15. The highest BCUT2D eigenvalue weighted by Crippen LogP contribution is 2.62. The third kappa shape index (κ3) is 7.96. The van der Waals surface area contributed by atoms with Crippen molar-refractivity contribution in [1.29, 1.82) is 0 Å². The minimum Gasteiger partial charge on any atom is -0.327 e. The SMILES string of the molecule is C1=CC2=CC=CC3CC23C=C1.C=C.C=C/C=C\C.C=C/C=C\C=C/CN. The fourth-order valence-corrected chi connectivity index (χ4v) is 2.65. The van der Waals surface area contributed by atoms with Crippen molar-refractivity contribution in [3.63, 3.8) is 0 Å². The second-order valence-electron chi connectivity index (χ2n) is 5.62. The highest BCUT2D eigenvalue weighted by atomic mass is 14.6. The van der Waals surface area contributed by atoms with Crippen LogP contribution in [0.3, 0.4) is 0 Å². The molecule has 0 aliphatic heterocycles. The van der Waals surface area contributed by atoms with E-state index in [2.05, 4.69) is 68.8 Å². The van der Waals surface area contributed by atoms with Crippen molar-refractivity contribution in [3.8, 4) is 0 Å². The minimum atomic E-state index is 0.448. The van der Waals surface area contributed by atoms with Gasteiger partial charge in [0.25, 0.3) is 0 Å². The number of hydrogen-bond acceptors (Lipinski definition) is 1. The van der Waals surface area contributed by atoms with E-state index < -0.39 is 0 Å². The van der Waals surface area contributed by atoms with Crippen molar-refractivity contribution < 1.29 is 0 Å². The Morgan fingerprint density at radius 1 is 1.08 bits per heavy atom. The van der Waals surface area contributed by atoms with Crippen LogP contribution in [0.5, 0.6) is 0 Å². The van der Waals surface area contributed by atoms with Crippen molar-refractivity contribution in [3.05, 3.63) is 123 Å². The predicted molar refractivity (Wildman–Crippen MR) is 120 cm³/mol. The van der Waals surface area contributed by atoms with E-state index in [1.165, 1.54) is 12.0 Å². The lowest BCUT2D eigenvalue weighted by atomic mass is 9.86. The molecule has 0 heterocycles. The summed E-state index contributed by atoms with van der Waals surface area (Å²) < 4.78 is 0. The molecule has 1 heteroatoms. The highest BCUT2D eigenvalue weighted by Gasteiger charge is 2.53. The molecule has 3 rings (SSSR count). The molecule has 0 aromatic heterocycles. The van der Waals surface area contributed by atoms with Gasteiger partial charge >= 0.3 is 0 Å². The maximum absolute atomic E-state index is 5.16. The van der Waals surface area contributed by atoms with Crippen LogP contribution in [0.1, 0.15) is 13.3 Å². The molecule has 0 saturated heterocycles. The van der Waals surface area contributed by atoms with Gasteiger partial charge in [-0.05, 0) is 24.8 Å². The zero-order valence-electron chi connectivity index (χ0n) is 16.1. The van der Waals surface area contributed by atoms with Crippen LogP contribution in [-0.4, -0.2) is 6.54 Å². The molecule has 3 aliphatic rings. The standard InChI is InChI=1S/C11H10.C7H11N.C5H8.C2H4/c1-2-7-11-8-10(11)6-3-5-9(11)4-1;1-2-3-4-5-6-7-8;1-3-5-4-2;1-2/h1-7,10H,8H2;2-6H,1,7-8H2;3-5H,1H2,2H3;1-2H2/b;4-3-,6-5-;5-4-;. The van der Waals surface area contributed by atoms with Gasteiger partial charge in [-0.3, -0.25) is 0 Å². The van der Waals surface area contributed by atoms with Gasteiger partial charge in [-0.1, -0.05) is 104 Å². The van der Waals surface area contributed by atoms with Gasteiger partial charge < -0.3 is 5.73 Å². The summed E-state index contributed by atoms with van der Waals surface area (Å²) in [5, 5.41) is 0.